The van der Waals surface area contributed by atoms with Crippen LogP contribution in [0.1, 0.15) is 32.6 Å². The highest BCUT2D eigenvalue weighted by atomic mass is 14.4. The minimum atomic E-state index is 1.00. The van der Waals surface area contributed by atoms with Gasteiger partial charge in [0.25, 0.3) is 0 Å². The largest absolute Gasteiger partial charge is 0.0645 e. The van der Waals surface area contributed by atoms with Crippen LogP contribution in [0.3, 0.4) is 0 Å². The summed E-state index contributed by atoms with van der Waals surface area (Å²) in [5.41, 5.74) is 3.65. The van der Waals surface area contributed by atoms with Crippen molar-refractivity contribution in [2.75, 3.05) is 0 Å². The normalized spacial score (nSPS) is 26.6. The van der Waals surface area contributed by atoms with Crippen molar-refractivity contribution in [1.29, 1.82) is 0 Å². The molecule has 0 amide bonds. The maximum atomic E-state index is 2.29. The Morgan fingerprint density at radius 1 is 1.38 bits per heavy atom. The first kappa shape index (κ1) is 4.60. The standard InChI is InChI=1S/C8H12/c1-2-6-7-4-3-5-8(6)7/h6H,2-5H2,1H3. The summed E-state index contributed by atoms with van der Waals surface area (Å²) in [6.07, 6.45) is 5.72. The van der Waals surface area contributed by atoms with Gasteiger partial charge in [0.2, 0.25) is 0 Å². The van der Waals surface area contributed by atoms with Crippen LogP contribution in [-0.2, 0) is 0 Å². The van der Waals surface area contributed by atoms with E-state index in [1.807, 2.05) is 11.1 Å². The second-order valence-electron chi connectivity index (χ2n) is 2.86. The molecular formula is C8H12. The molecule has 0 N–H and O–H groups in total. The highest BCUT2D eigenvalue weighted by Gasteiger charge is 2.36. The summed E-state index contributed by atoms with van der Waals surface area (Å²) in [4.78, 5) is 0. The van der Waals surface area contributed by atoms with Crippen molar-refractivity contribution < 1.29 is 0 Å². The average Bonchev–Trinajstić information content (AvgIpc) is 2.22. The average molecular weight is 108 g/mol. The van der Waals surface area contributed by atoms with Gasteiger partial charge in [0.1, 0.15) is 0 Å². The van der Waals surface area contributed by atoms with E-state index in [2.05, 4.69) is 6.92 Å². The molecular weight excluding hydrogens is 96.1 g/mol. The summed E-state index contributed by atoms with van der Waals surface area (Å²) < 4.78 is 0. The molecule has 0 heteroatoms. The van der Waals surface area contributed by atoms with Gasteiger partial charge in [-0.25, -0.2) is 0 Å². The van der Waals surface area contributed by atoms with E-state index < -0.39 is 0 Å². The van der Waals surface area contributed by atoms with Crippen LogP contribution in [0.2, 0.25) is 0 Å². The fourth-order valence-corrected chi connectivity index (χ4v) is 2.01. The Hall–Kier alpha value is -0.260. The molecule has 0 saturated carbocycles. The maximum absolute atomic E-state index is 2.29. The van der Waals surface area contributed by atoms with Gasteiger partial charge in [-0.2, -0.15) is 0 Å². The van der Waals surface area contributed by atoms with Gasteiger partial charge in [0.15, 0.2) is 0 Å². The first-order valence-corrected chi connectivity index (χ1v) is 3.65. The van der Waals surface area contributed by atoms with Crippen molar-refractivity contribution in [3.05, 3.63) is 11.1 Å². The Kier molecular flexibility index (Phi) is 0.787. The van der Waals surface area contributed by atoms with Crippen LogP contribution >= 0.6 is 0 Å². The van der Waals surface area contributed by atoms with Gasteiger partial charge in [-0.15, -0.1) is 0 Å². The maximum Gasteiger partial charge on any atom is 0.00101 e. The second kappa shape index (κ2) is 1.37. The van der Waals surface area contributed by atoms with Crippen molar-refractivity contribution in [2.24, 2.45) is 5.92 Å². The van der Waals surface area contributed by atoms with Crippen molar-refractivity contribution in [1.82, 2.24) is 0 Å². The van der Waals surface area contributed by atoms with Gasteiger partial charge in [-0.1, -0.05) is 18.1 Å². The van der Waals surface area contributed by atoms with Gasteiger partial charge >= 0.3 is 0 Å². The molecule has 0 aromatic carbocycles. The quantitative estimate of drug-likeness (QED) is 0.453. The molecule has 0 aromatic heterocycles. The lowest BCUT2D eigenvalue weighted by Gasteiger charge is -1.99. The zero-order chi connectivity index (χ0) is 5.56. The van der Waals surface area contributed by atoms with Crippen molar-refractivity contribution in [2.45, 2.75) is 32.6 Å². The van der Waals surface area contributed by atoms with E-state index in [-0.39, 0.29) is 0 Å². The number of hydrogen-bond donors (Lipinski definition) is 0. The summed E-state index contributed by atoms with van der Waals surface area (Å²) >= 11 is 0. The first-order chi connectivity index (χ1) is 3.93. The van der Waals surface area contributed by atoms with Gasteiger partial charge in [-0.3, -0.25) is 0 Å². The van der Waals surface area contributed by atoms with E-state index in [9.17, 15) is 0 Å². The van der Waals surface area contributed by atoms with Crippen LogP contribution in [0.25, 0.3) is 0 Å². The molecule has 0 atom stereocenters. The Morgan fingerprint density at radius 2 is 2.00 bits per heavy atom. The predicted molar refractivity (Wildman–Crippen MR) is 34.7 cm³/mol. The summed E-state index contributed by atoms with van der Waals surface area (Å²) in [7, 11) is 0. The zero-order valence-electron chi connectivity index (χ0n) is 5.41. The fourth-order valence-electron chi connectivity index (χ4n) is 2.01. The Morgan fingerprint density at radius 3 is 2.38 bits per heavy atom. The van der Waals surface area contributed by atoms with Crippen LogP contribution in [0.5, 0.6) is 0 Å². The Bertz CT molecular complexity index is 128. The highest BCUT2D eigenvalue weighted by molar-refractivity contribution is 5.43. The van der Waals surface area contributed by atoms with Crippen molar-refractivity contribution >= 4 is 0 Å². The van der Waals surface area contributed by atoms with Crippen LogP contribution in [0.15, 0.2) is 11.1 Å². The zero-order valence-corrected chi connectivity index (χ0v) is 5.41. The lowest BCUT2D eigenvalue weighted by Crippen LogP contribution is -1.85. The molecule has 44 valence electrons. The molecule has 0 heterocycles. The van der Waals surface area contributed by atoms with Crippen LogP contribution in [0.4, 0.5) is 0 Å². The predicted octanol–water partition coefficient (Wildman–Crippen LogP) is 2.51. The molecule has 0 nitrogen and oxygen atoms in total. The Balaban J connectivity index is 2.02. The number of allylic oxidation sites excluding steroid dienone is 2. The lowest BCUT2D eigenvalue weighted by molar-refractivity contribution is 0.693. The molecule has 0 radical (unpaired) electrons. The van der Waals surface area contributed by atoms with Gasteiger partial charge in [0.05, 0.1) is 0 Å². The molecule has 0 aliphatic heterocycles. The molecule has 0 bridgehead atoms. The molecule has 0 aromatic rings. The van der Waals surface area contributed by atoms with E-state index in [0.717, 1.165) is 5.92 Å². The van der Waals surface area contributed by atoms with E-state index in [0.29, 0.717) is 0 Å². The van der Waals surface area contributed by atoms with E-state index in [1.165, 1.54) is 25.7 Å². The Labute approximate surface area is 50.6 Å². The first-order valence-electron chi connectivity index (χ1n) is 3.65. The minimum Gasteiger partial charge on any atom is -0.0645 e. The number of rotatable bonds is 1. The van der Waals surface area contributed by atoms with Crippen molar-refractivity contribution in [3.8, 4) is 0 Å². The molecule has 0 spiro atoms. The van der Waals surface area contributed by atoms with Crippen LogP contribution in [0, 0.1) is 5.92 Å². The topological polar surface area (TPSA) is 0 Å². The molecule has 0 saturated heterocycles. The van der Waals surface area contributed by atoms with E-state index in [4.69, 9.17) is 0 Å². The third-order valence-corrected chi connectivity index (χ3v) is 2.47. The minimum absolute atomic E-state index is 1.00. The van der Waals surface area contributed by atoms with Crippen molar-refractivity contribution in [3.63, 3.8) is 0 Å². The van der Waals surface area contributed by atoms with Gasteiger partial charge in [-0.05, 0) is 25.7 Å². The molecule has 2 aliphatic carbocycles. The summed E-state index contributed by atoms with van der Waals surface area (Å²) in [6.45, 7) is 2.29. The fraction of sp³-hybridized carbons (Fsp3) is 0.750. The second-order valence-corrected chi connectivity index (χ2v) is 2.86. The lowest BCUT2D eigenvalue weighted by atomic mass is 10.1. The molecule has 2 aliphatic rings. The third-order valence-electron chi connectivity index (χ3n) is 2.47. The summed E-state index contributed by atoms with van der Waals surface area (Å²) in [5.74, 6) is 1.00. The van der Waals surface area contributed by atoms with Crippen LogP contribution in [-0.4, -0.2) is 0 Å². The third kappa shape index (κ3) is 0.410. The highest BCUT2D eigenvalue weighted by Crippen LogP contribution is 2.52. The summed E-state index contributed by atoms with van der Waals surface area (Å²) in [5, 5.41) is 0. The molecule has 8 heavy (non-hydrogen) atoms. The smallest absolute Gasteiger partial charge is 0.00101 e. The SMILES string of the molecule is CCC1C2=C1CCC2. The van der Waals surface area contributed by atoms with Crippen LogP contribution < -0.4 is 0 Å². The van der Waals surface area contributed by atoms with E-state index in [1.54, 1.807) is 0 Å². The number of hydrogen-bond acceptors (Lipinski definition) is 0. The molecule has 0 unspecified atom stereocenters. The molecule has 2 rings (SSSR count). The molecule has 0 fully saturated rings. The van der Waals surface area contributed by atoms with Gasteiger partial charge < -0.3 is 0 Å². The van der Waals surface area contributed by atoms with E-state index >= 15 is 0 Å². The monoisotopic (exact) mass is 108 g/mol. The summed E-state index contributed by atoms with van der Waals surface area (Å²) in [6, 6.07) is 0. The van der Waals surface area contributed by atoms with Gasteiger partial charge in [0, 0.05) is 5.92 Å².